The number of nitrogens with two attached hydrogens (primary N) is 1. The number of hydrogen-bond acceptors (Lipinski definition) is 8. The maximum absolute atomic E-state index is 13.1. The van der Waals surface area contributed by atoms with Crippen molar-refractivity contribution in [3.8, 4) is 17.2 Å². The van der Waals surface area contributed by atoms with E-state index >= 15 is 0 Å². The van der Waals surface area contributed by atoms with Crippen molar-refractivity contribution in [3.05, 3.63) is 47.0 Å². The number of benzene rings is 2. The first kappa shape index (κ1) is 21.0. The van der Waals surface area contributed by atoms with Gasteiger partial charge in [0.25, 0.3) is 11.8 Å². The van der Waals surface area contributed by atoms with Crippen LogP contribution in [0.15, 0.2) is 30.3 Å². The maximum Gasteiger partial charge on any atom is 0.307 e. The number of imide groups is 1. The predicted molar refractivity (Wildman–Crippen MR) is 107 cm³/mol. The maximum atomic E-state index is 13.1. The molecule has 0 aliphatic carbocycles. The molecule has 30 heavy (non-hydrogen) atoms. The number of esters is 1. The van der Waals surface area contributed by atoms with Crippen LogP contribution < -0.4 is 15.2 Å². The summed E-state index contributed by atoms with van der Waals surface area (Å²) in [6.07, 6.45) is -0.291. The number of phenolic OH excluding ortho intramolecular Hbond substituents is 1. The SMILES string of the molecule is CCOc1cc(C(CC(=O)OC)N2C(=O)c3c(N)ccc(O)c3C2=O)ccc1OC. The molecule has 1 atom stereocenters. The van der Waals surface area contributed by atoms with Gasteiger partial charge in [-0.2, -0.15) is 0 Å². The Kier molecular flexibility index (Phi) is 5.81. The van der Waals surface area contributed by atoms with E-state index in [-0.39, 0.29) is 29.0 Å². The summed E-state index contributed by atoms with van der Waals surface area (Å²) >= 11 is 0. The molecule has 2 amide bonds. The summed E-state index contributed by atoms with van der Waals surface area (Å²) in [5, 5.41) is 10.1. The molecule has 0 radical (unpaired) electrons. The van der Waals surface area contributed by atoms with Gasteiger partial charge in [-0.15, -0.1) is 0 Å². The molecule has 0 bridgehead atoms. The molecule has 158 valence electrons. The van der Waals surface area contributed by atoms with Gasteiger partial charge < -0.3 is 25.1 Å². The van der Waals surface area contributed by atoms with Crippen molar-refractivity contribution in [2.45, 2.75) is 19.4 Å². The number of carbonyl (C=O) groups excluding carboxylic acids is 3. The molecule has 3 N–H and O–H groups in total. The summed E-state index contributed by atoms with van der Waals surface area (Å²) in [5.74, 6) is -1.58. The highest BCUT2D eigenvalue weighted by molar-refractivity contribution is 6.25. The minimum Gasteiger partial charge on any atom is -0.507 e. The quantitative estimate of drug-likeness (QED) is 0.306. The zero-order valence-electron chi connectivity index (χ0n) is 16.8. The van der Waals surface area contributed by atoms with Gasteiger partial charge in [0.1, 0.15) is 5.75 Å². The minimum atomic E-state index is -1.01. The van der Waals surface area contributed by atoms with Gasteiger partial charge in [-0.1, -0.05) is 6.07 Å². The minimum absolute atomic E-state index is 0.0604. The Morgan fingerprint density at radius 2 is 1.80 bits per heavy atom. The number of hydrogen-bond donors (Lipinski definition) is 2. The second-order valence-electron chi connectivity index (χ2n) is 6.54. The summed E-state index contributed by atoms with van der Waals surface area (Å²) in [6.45, 7) is 2.16. The van der Waals surface area contributed by atoms with Crippen LogP contribution in [-0.4, -0.2) is 48.6 Å². The van der Waals surface area contributed by atoms with Crippen LogP contribution in [0.5, 0.6) is 17.2 Å². The van der Waals surface area contributed by atoms with Crippen molar-refractivity contribution in [1.82, 2.24) is 4.90 Å². The first-order valence-corrected chi connectivity index (χ1v) is 9.20. The molecule has 2 aromatic carbocycles. The Morgan fingerprint density at radius 1 is 1.10 bits per heavy atom. The van der Waals surface area contributed by atoms with Crippen LogP contribution in [0.3, 0.4) is 0 Å². The van der Waals surface area contributed by atoms with E-state index in [9.17, 15) is 19.5 Å². The molecule has 0 fully saturated rings. The average molecular weight is 414 g/mol. The number of phenols is 1. The Bertz CT molecular complexity index is 978. The Labute approximate surface area is 172 Å². The molecule has 1 aliphatic heterocycles. The van der Waals surface area contributed by atoms with Gasteiger partial charge >= 0.3 is 5.97 Å². The number of ether oxygens (including phenoxy) is 3. The number of rotatable bonds is 7. The molecule has 9 nitrogen and oxygen atoms in total. The summed E-state index contributed by atoms with van der Waals surface area (Å²) in [7, 11) is 2.70. The molecule has 0 spiro atoms. The van der Waals surface area contributed by atoms with E-state index < -0.39 is 23.8 Å². The number of carbonyl (C=O) groups is 3. The van der Waals surface area contributed by atoms with Crippen molar-refractivity contribution in [1.29, 1.82) is 0 Å². The summed E-state index contributed by atoms with van der Waals surface area (Å²) in [4.78, 5) is 39.2. The van der Waals surface area contributed by atoms with E-state index in [1.54, 1.807) is 25.1 Å². The van der Waals surface area contributed by atoms with Crippen LogP contribution in [0, 0.1) is 0 Å². The van der Waals surface area contributed by atoms with Crippen molar-refractivity contribution in [3.63, 3.8) is 0 Å². The lowest BCUT2D eigenvalue weighted by atomic mass is 10.0. The standard InChI is InChI=1S/C21H22N2O7/c1-4-30-16-9-11(5-8-15(16)28-2)13(10-17(25)29-3)23-20(26)18-12(22)6-7-14(24)19(18)21(23)27/h5-9,13,24H,4,10,22H2,1-3H3. The van der Waals surface area contributed by atoms with Gasteiger partial charge in [-0.25, -0.2) is 0 Å². The number of fused-ring (bicyclic) bond motifs is 1. The van der Waals surface area contributed by atoms with E-state index in [0.29, 0.717) is 23.7 Å². The Balaban J connectivity index is 2.12. The molecule has 0 aromatic heterocycles. The topological polar surface area (TPSA) is 128 Å². The lowest BCUT2D eigenvalue weighted by Crippen LogP contribution is -2.35. The molecule has 9 heteroatoms. The molecule has 1 aliphatic rings. The van der Waals surface area contributed by atoms with Crippen molar-refractivity contribution >= 4 is 23.5 Å². The van der Waals surface area contributed by atoms with Crippen LogP contribution >= 0.6 is 0 Å². The number of methoxy groups -OCH3 is 2. The van der Waals surface area contributed by atoms with Crippen LogP contribution in [-0.2, 0) is 9.53 Å². The predicted octanol–water partition coefficient (Wildman–Crippen LogP) is 2.28. The molecule has 0 saturated heterocycles. The van der Waals surface area contributed by atoms with E-state index in [0.717, 1.165) is 4.90 Å². The second-order valence-corrected chi connectivity index (χ2v) is 6.54. The molecular weight excluding hydrogens is 392 g/mol. The van der Waals surface area contributed by atoms with Gasteiger partial charge in [0.05, 0.1) is 44.4 Å². The molecule has 2 aromatic rings. The van der Waals surface area contributed by atoms with E-state index in [2.05, 4.69) is 0 Å². The number of anilines is 1. The summed E-state index contributed by atoms with van der Waals surface area (Å²) in [6, 6.07) is 6.44. The zero-order chi connectivity index (χ0) is 22.0. The zero-order valence-corrected chi connectivity index (χ0v) is 16.8. The van der Waals surface area contributed by atoms with E-state index in [1.165, 1.54) is 26.4 Å². The molecule has 1 unspecified atom stereocenters. The fourth-order valence-corrected chi connectivity index (χ4v) is 3.44. The third kappa shape index (κ3) is 3.49. The molecule has 0 saturated carbocycles. The van der Waals surface area contributed by atoms with Gasteiger partial charge in [0.2, 0.25) is 0 Å². The van der Waals surface area contributed by atoms with E-state index in [4.69, 9.17) is 19.9 Å². The van der Waals surface area contributed by atoms with Crippen LogP contribution in [0.25, 0.3) is 0 Å². The third-order valence-corrected chi connectivity index (χ3v) is 4.85. The van der Waals surface area contributed by atoms with Crippen LogP contribution in [0.1, 0.15) is 45.7 Å². The van der Waals surface area contributed by atoms with Gasteiger partial charge in [-0.3, -0.25) is 19.3 Å². The number of amides is 2. The first-order chi connectivity index (χ1) is 14.3. The van der Waals surface area contributed by atoms with Crippen molar-refractivity contribution in [2.75, 3.05) is 26.6 Å². The highest BCUT2D eigenvalue weighted by atomic mass is 16.5. The average Bonchev–Trinajstić information content (AvgIpc) is 3.00. The highest BCUT2D eigenvalue weighted by Gasteiger charge is 2.44. The van der Waals surface area contributed by atoms with E-state index in [1.807, 2.05) is 0 Å². The first-order valence-electron chi connectivity index (χ1n) is 9.20. The second kappa shape index (κ2) is 8.32. The largest absolute Gasteiger partial charge is 0.507 e. The fourth-order valence-electron chi connectivity index (χ4n) is 3.44. The number of nitrogens with zero attached hydrogens (tertiary/aromatic N) is 1. The summed E-state index contributed by atoms with van der Waals surface area (Å²) in [5.41, 5.74) is 6.12. The smallest absolute Gasteiger partial charge is 0.307 e. The molecular formula is C21H22N2O7. The Morgan fingerprint density at radius 3 is 2.40 bits per heavy atom. The number of nitrogen functional groups attached to an aromatic ring is 1. The van der Waals surface area contributed by atoms with Crippen molar-refractivity contribution < 1.29 is 33.7 Å². The lowest BCUT2D eigenvalue weighted by Gasteiger charge is -2.26. The van der Waals surface area contributed by atoms with Crippen molar-refractivity contribution in [2.24, 2.45) is 0 Å². The molecule has 3 rings (SSSR count). The van der Waals surface area contributed by atoms with Crippen LogP contribution in [0.4, 0.5) is 5.69 Å². The van der Waals surface area contributed by atoms with Gasteiger partial charge in [0, 0.05) is 5.69 Å². The van der Waals surface area contributed by atoms with Gasteiger partial charge in [0.15, 0.2) is 11.5 Å². The lowest BCUT2D eigenvalue weighted by molar-refractivity contribution is -0.141. The monoisotopic (exact) mass is 414 g/mol. The highest BCUT2D eigenvalue weighted by Crippen LogP contribution is 2.41. The number of aromatic hydroxyl groups is 1. The fraction of sp³-hybridized carbons (Fsp3) is 0.286. The Hall–Kier alpha value is -3.75. The molecule has 1 heterocycles. The summed E-state index contributed by atoms with van der Waals surface area (Å²) < 4.78 is 15.6. The third-order valence-electron chi connectivity index (χ3n) is 4.85. The normalized spacial score (nSPS) is 13.8. The van der Waals surface area contributed by atoms with Crippen LogP contribution in [0.2, 0.25) is 0 Å². The van der Waals surface area contributed by atoms with Gasteiger partial charge in [-0.05, 0) is 36.8 Å².